The standard InChI is InChI=1S/C17H46N2O3Si4/c1-20-26(21-2,16-12-14-19-15-13-18)22-17(23(3,4)5,24(6,7)8)25(9,10)11/h19H,12-16,18H2,1-11H3. The van der Waals surface area contributed by atoms with Crippen LogP contribution in [0.2, 0.25) is 65.0 Å². The fourth-order valence-electron chi connectivity index (χ4n) is 5.15. The lowest BCUT2D eigenvalue weighted by Gasteiger charge is -2.60. The van der Waals surface area contributed by atoms with E-state index >= 15 is 0 Å². The van der Waals surface area contributed by atoms with Gasteiger partial charge in [-0.25, -0.2) is 0 Å². The molecule has 26 heavy (non-hydrogen) atoms. The fourth-order valence-corrected chi connectivity index (χ4v) is 39.1. The highest BCUT2D eigenvalue weighted by molar-refractivity contribution is 7.15. The zero-order chi connectivity index (χ0) is 20.9. The Kier molecular flexibility index (Phi) is 10.2. The maximum atomic E-state index is 7.25. The summed E-state index contributed by atoms with van der Waals surface area (Å²) in [5, 5.41) is 3.37. The largest absolute Gasteiger partial charge is 0.500 e. The third kappa shape index (κ3) is 6.08. The van der Waals surface area contributed by atoms with E-state index in [0.29, 0.717) is 6.54 Å². The van der Waals surface area contributed by atoms with Crippen molar-refractivity contribution in [2.24, 2.45) is 5.73 Å². The molecule has 9 heteroatoms. The predicted molar refractivity (Wildman–Crippen MR) is 125 cm³/mol. The van der Waals surface area contributed by atoms with Gasteiger partial charge >= 0.3 is 8.80 Å². The zero-order valence-corrected chi connectivity index (χ0v) is 23.3. The summed E-state index contributed by atoms with van der Waals surface area (Å²) in [7, 11) is -4.19. The molecule has 0 unspecified atom stereocenters. The van der Waals surface area contributed by atoms with Crippen LogP contribution in [0.15, 0.2) is 0 Å². The maximum Gasteiger partial charge on any atom is 0.500 e. The van der Waals surface area contributed by atoms with Crippen molar-refractivity contribution >= 4 is 33.0 Å². The van der Waals surface area contributed by atoms with Gasteiger partial charge in [-0.2, -0.15) is 0 Å². The number of hydrogen-bond acceptors (Lipinski definition) is 5. The summed E-state index contributed by atoms with van der Waals surface area (Å²) >= 11 is 0. The van der Waals surface area contributed by atoms with Crippen LogP contribution in [0, 0.1) is 0 Å². The Morgan fingerprint density at radius 3 is 1.50 bits per heavy atom. The molecule has 0 aromatic rings. The second-order valence-corrected chi connectivity index (χ2v) is 30.3. The lowest BCUT2D eigenvalue weighted by molar-refractivity contribution is 0.0840. The highest BCUT2D eigenvalue weighted by Crippen LogP contribution is 2.44. The first kappa shape index (κ1) is 26.7. The predicted octanol–water partition coefficient (Wildman–Crippen LogP) is 3.54. The van der Waals surface area contributed by atoms with Gasteiger partial charge in [-0.1, -0.05) is 58.9 Å². The third-order valence-corrected chi connectivity index (χ3v) is 28.8. The molecule has 0 radical (unpaired) electrons. The molecular formula is C17H46N2O3Si4. The number of nitrogens with one attached hydrogen (secondary N) is 1. The molecule has 0 atom stereocenters. The lowest BCUT2D eigenvalue weighted by Crippen LogP contribution is -2.81. The Morgan fingerprint density at radius 2 is 1.19 bits per heavy atom. The van der Waals surface area contributed by atoms with Crippen molar-refractivity contribution in [1.82, 2.24) is 5.32 Å². The highest BCUT2D eigenvalue weighted by Gasteiger charge is 2.64. The van der Waals surface area contributed by atoms with Crippen molar-refractivity contribution in [3.8, 4) is 0 Å². The van der Waals surface area contributed by atoms with E-state index in [1.165, 1.54) is 0 Å². The average Bonchev–Trinajstić information content (AvgIpc) is 2.46. The van der Waals surface area contributed by atoms with Crippen molar-refractivity contribution in [2.75, 3.05) is 33.9 Å². The van der Waals surface area contributed by atoms with E-state index < -0.39 is 33.0 Å². The van der Waals surface area contributed by atoms with Crippen LogP contribution in [-0.4, -0.2) is 71.4 Å². The van der Waals surface area contributed by atoms with E-state index in [4.69, 9.17) is 19.0 Å². The summed E-state index contributed by atoms with van der Waals surface area (Å²) in [6, 6.07) is 0.846. The van der Waals surface area contributed by atoms with Crippen molar-refractivity contribution < 1.29 is 13.3 Å². The number of rotatable bonds is 13. The first-order chi connectivity index (χ1) is 11.6. The van der Waals surface area contributed by atoms with Gasteiger partial charge in [-0.15, -0.1) is 0 Å². The van der Waals surface area contributed by atoms with Gasteiger partial charge in [-0.3, -0.25) is 0 Å². The molecule has 0 fully saturated rings. The van der Waals surface area contributed by atoms with E-state index in [2.05, 4.69) is 64.2 Å². The monoisotopic (exact) mass is 438 g/mol. The lowest BCUT2D eigenvalue weighted by atomic mass is 10.5. The van der Waals surface area contributed by atoms with Crippen molar-refractivity contribution in [3.05, 3.63) is 0 Å². The Labute approximate surface area is 167 Å². The van der Waals surface area contributed by atoms with Gasteiger partial charge in [0.15, 0.2) is 0 Å². The molecule has 0 saturated heterocycles. The summed E-state index contributed by atoms with van der Waals surface area (Å²) in [6.07, 6.45) is 0.979. The molecule has 0 spiro atoms. The van der Waals surface area contributed by atoms with E-state index in [1.54, 1.807) is 14.2 Å². The molecule has 0 saturated carbocycles. The van der Waals surface area contributed by atoms with E-state index in [1.807, 2.05) is 0 Å². The van der Waals surface area contributed by atoms with Gasteiger partial charge < -0.3 is 24.3 Å². The Balaban J connectivity index is 5.88. The van der Waals surface area contributed by atoms with Crippen LogP contribution in [0.1, 0.15) is 6.42 Å². The molecule has 0 aromatic carbocycles. The van der Waals surface area contributed by atoms with Gasteiger partial charge in [0.1, 0.15) is 0 Å². The normalized spacial score (nSPS) is 14.8. The summed E-state index contributed by atoms with van der Waals surface area (Å²) in [4.78, 5) is 0. The molecule has 0 bridgehead atoms. The van der Waals surface area contributed by atoms with Gasteiger partial charge in [0.25, 0.3) is 0 Å². The molecular weight excluding hydrogens is 393 g/mol. The smallest absolute Gasteiger partial charge is 0.377 e. The van der Waals surface area contributed by atoms with E-state index in [9.17, 15) is 0 Å². The van der Waals surface area contributed by atoms with E-state index in [-0.39, 0.29) is 4.47 Å². The molecule has 0 rings (SSSR count). The van der Waals surface area contributed by atoms with Gasteiger partial charge in [0.05, 0.1) is 24.2 Å². The minimum absolute atomic E-state index is 0.0179. The Hall–Kier alpha value is 0.668. The molecule has 0 aliphatic heterocycles. The SMILES string of the molecule is CO[Si](CCCNCCN)(OC)OC([Si](C)(C)C)([Si](C)(C)C)[Si](C)(C)C. The van der Waals surface area contributed by atoms with E-state index in [0.717, 1.165) is 25.6 Å². The van der Waals surface area contributed by atoms with Crippen LogP contribution in [0.4, 0.5) is 0 Å². The molecule has 3 N–H and O–H groups in total. The summed E-state index contributed by atoms with van der Waals surface area (Å²) in [5.41, 5.74) is 5.56. The minimum atomic E-state index is -2.74. The molecule has 158 valence electrons. The van der Waals surface area contributed by atoms with Crippen molar-refractivity contribution in [3.63, 3.8) is 0 Å². The maximum absolute atomic E-state index is 7.25. The number of nitrogens with two attached hydrogens (primary N) is 1. The molecule has 0 aliphatic rings. The topological polar surface area (TPSA) is 65.7 Å². The molecule has 0 heterocycles. The molecule has 5 nitrogen and oxygen atoms in total. The zero-order valence-electron chi connectivity index (χ0n) is 19.3. The number of hydrogen-bond donors (Lipinski definition) is 2. The molecule has 0 aromatic heterocycles. The fraction of sp³-hybridized carbons (Fsp3) is 1.00. The summed E-state index contributed by atoms with van der Waals surface area (Å²) in [5.74, 6) is 0. The minimum Gasteiger partial charge on any atom is -0.377 e. The highest BCUT2D eigenvalue weighted by atomic mass is 28.5. The average molecular weight is 439 g/mol. The van der Waals surface area contributed by atoms with Gasteiger partial charge in [0.2, 0.25) is 0 Å². The van der Waals surface area contributed by atoms with Crippen molar-refractivity contribution in [1.29, 1.82) is 0 Å². The van der Waals surface area contributed by atoms with Crippen LogP contribution in [-0.2, 0) is 13.3 Å². The molecule has 0 amide bonds. The molecule has 0 aliphatic carbocycles. The first-order valence-corrected chi connectivity index (χ1v) is 22.3. The quantitative estimate of drug-likeness (QED) is 0.340. The Bertz CT molecular complexity index is 378. The van der Waals surface area contributed by atoms with Gasteiger partial charge in [0, 0.05) is 37.8 Å². The summed E-state index contributed by atoms with van der Waals surface area (Å²) in [6.45, 7) is 24.6. The third-order valence-electron chi connectivity index (χ3n) is 5.26. The summed E-state index contributed by atoms with van der Waals surface area (Å²) < 4.78 is 19.3. The van der Waals surface area contributed by atoms with Crippen LogP contribution >= 0.6 is 0 Å². The van der Waals surface area contributed by atoms with Gasteiger partial charge in [-0.05, 0) is 13.0 Å². The second kappa shape index (κ2) is 9.93. The van der Waals surface area contributed by atoms with Crippen LogP contribution in [0.25, 0.3) is 0 Å². The van der Waals surface area contributed by atoms with Crippen LogP contribution < -0.4 is 11.1 Å². The first-order valence-electron chi connectivity index (χ1n) is 9.85. The van der Waals surface area contributed by atoms with Crippen LogP contribution in [0.5, 0.6) is 0 Å². The Morgan fingerprint density at radius 1 is 0.769 bits per heavy atom. The van der Waals surface area contributed by atoms with Crippen LogP contribution in [0.3, 0.4) is 0 Å². The van der Waals surface area contributed by atoms with Crippen molar-refractivity contribution in [2.45, 2.75) is 75.9 Å². The second-order valence-electron chi connectivity index (χ2n) is 10.3.